The molecule has 1 aliphatic carbocycles. The van der Waals surface area contributed by atoms with E-state index in [0.29, 0.717) is 5.39 Å². The SMILES string of the molecule is Cc1cccc2c(=O)c(C(=O)N3CCCC34CCC4)c[nH]c12. The Hall–Kier alpha value is -2.10. The zero-order valence-corrected chi connectivity index (χ0v) is 12.8. The Morgan fingerprint density at radius 1 is 1.23 bits per heavy atom. The van der Waals surface area contributed by atoms with Crippen LogP contribution in [-0.2, 0) is 0 Å². The number of para-hydroxylation sites is 1. The molecular weight excluding hydrogens is 276 g/mol. The molecule has 2 aliphatic rings. The Kier molecular flexibility index (Phi) is 2.90. The van der Waals surface area contributed by atoms with E-state index in [2.05, 4.69) is 4.98 Å². The highest BCUT2D eigenvalue weighted by Crippen LogP contribution is 2.45. The van der Waals surface area contributed by atoms with Gasteiger partial charge in [0, 0.05) is 23.7 Å². The molecule has 4 rings (SSSR count). The van der Waals surface area contributed by atoms with Crippen LogP contribution < -0.4 is 5.43 Å². The molecule has 22 heavy (non-hydrogen) atoms. The largest absolute Gasteiger partial charge is 0.360 e. The third-order valence-electron chi connectivity index (χ3n) is 5.48. The van der Waals surface area contributed by atoms with Crippen LogP contribution in [-0.4, -0.2) is 27.9 Å². The molecule has 1 aromatic carbocycles. The second-order valence-electron chi connectivity index (χ2n) is 6.67. The first kappa shape index (κ1) is 13.6. The summed E-state index contributed by atoms with van der Waals surface area (Å²) in [6, 6.07) is 5.62. The number of likely N-dealkylation sites (tertiary alicyclic amines) is 1. The Morgan fingerprint density at radius 2 is 2.00 bits per heavy atom. The molecule has 1 spiro atoms. The molecule has 0 radical (unpaired) electrons. The van der Waals surface area contributed by atoms with E-state index >= 15 is 0 Å². The first-order chi connectivity index (χ1) is 10.6. The van der Waals surface area contributed by atoms with Crippen molar-refractivity contribution in [2.45, 2.75) is 44.6 Å². The summed E-state index contributed by atoms with van der Waals surface area (Å²) in [5.74, 6) is -0.0955. The number of carbonyl (C=O) groups excluding carboxylic acids is 1. The second kappa shape index (κ2) is 4.70. The van der Waals surface area contributed by atoms with E-state index in [0.717, 1.165) is 43.3 Å². The quantitative estimate of drug-likeness (QED) is 0.879. The second-order valence-corrected chi connectivity index (χ2v) is 6.67. The molecule has 4 nitrogen and oxygen atoms in total. The van der Waals surface area contributed by atoms with Crippen LogP contribution in [0.5, 0.6) is 0 Å². The smallest absolute Gasteiger partial charge is 0.259 e. The van der Waals surface area contributed by atoms with Gasteiger partial charge >= 0.3 is 0 Å². The van der Waals surface area contributed by atoms with Crippen LogP contribution >= 0.6 is 0 Å². The maximum Gasteiger partial charge on any atom is 0.259 e. The van der Waals surface area contributed by atoms with Crippen molar-refractivity contribution < 1.29 is 4.79 Å². The van der Waals surface area contributed by atoms with Crippen molar-refractivity contribution in [3.8, 4) is 0 Å². The molecule has 1 amide bonds. The summed E-state index contributed by atoms with van der Waals surface area (Å²) in [4.78, 5) is 30.7. The number of hydrogen-bond donors (Lipinski definition) is 1. The average Bonchev–Trinajstić information content (AvgIpc) is 2.93. The zero-order chi connectivity index (χ0) is 15.3. The van der Waals surface area contributed by atoms with Crippen LogP contribution in [0.25, 0.3) is 10.9 Å². The third-order valence-corrected chi connectivity index (χ3v) is 5.48. The normalized spacial score (nSPS) is 19.6. The molecule has 2 fully saturated rings. The zero-order valence-electron chi connectivity index (χ0n) is 12.8. The average molecular weight is 296 g/mol. The number of aromatic nitrogens is 1. The number of pyridine rings is 1. The lowest BCUT2D eigenvalue weighted by Crippen LogP contribution is -2.52. The number of nitrogens with one attached hydrogen (secondary N) is 1. The van der Waals surface area contributed by atoms with Crippen LogP contribution in [0.4, 0.5) is 0 Å². The number of aryl methyl sites for hydroxylation is 1. The molecule has 1 saturated carbocycles. The highest BCUT2D eigenvalue weighted by molar-refractivity contribution is 5.98. The number of benzene rings is 1. The van der Waals surface area contributed by atoms with Crippen molar-refractivity contribution in [1.29, 1.82) is 0 Å². The number of rotatable bonds is 1. The summed E-state index contributed by atoms with van der Waals surface area (Å²) >= 11 is 0. The van der Waals surface area contributed by atoms with Crippen LogP contribution in [0.15, 0.2) is 29.2 Å². The predicted molar refractivity (Wildman–Crippen MR) is 86.2 cm³/mol. The summed E-state index contributed by atoms with van der Waals surface area (Å²) in [6.45, 7) is 2.74. The maximum absolute atomic E-state index is 12.9. The van der Waals surface area contributed by atoms with Gasteiger partial charge in [-0.2, -0.15) is 0 Å². The summed E-state index contributed by atoms with van der Waals surface area (Å²) in [7, 11) is 0. The van der Waals surface area contributed by atoms with Crippen LogP contribution in [0.1, 0.15) is 48.0 Å². The van der Waals surface area contributed by atoms with Crippen LogP contribution in [0.2, 0.25) is 0 Å². The van der Waals surface area contributed by atoms with Crippen LogP contribution in [0, 0.1) is 6.92 Å². The number of carbonyl (C=O) groups is 1. The standard InChI is InChI=1S/C18H20N2O2/c1-12-5-2-6-13-15(12)19-11-14(16(13)21)17(22)20-10-4-9-18(20)7-3-8-18/h2,5-6,11H,3-4,7-10H2,1H3,(H,19,21). The molecule has 0 atom stereocenters. The van der Waals surface area contributed by atoms with Crippen molar-refractivity contribution in [1.82, 2.24) is 9.88 Å². The first-order valence-corrected chi connectivity index (χ1v) is 8.05. The van der Waals surface area contributed by atoms with Gasteiger partial charge in [-0.1, -0.05) is 12.1 Å². The third kappa shape index (κ3) is 1.76. The fraction of sp³-hybridized carbons (Fsp3) is 0.444. The van der Waals surface area contributed by atoms with Gasteiger partial charge in [0.15, 0.2) is 0 Å². The van der Waals surface area contributed by atoms with Crippen molar-refractivity contribution in [2.24, 2.45) is 0 Å². The molecule has 2 aromatic rings. The highest BCUT2D eigenvalue weighted by Gasteiger charge is 2.48. The van der Waals surface area contributed by atoms with E-state index in [1.165, 1.54) is 6.42 Å². The molecule has 2 heterocycles. The number of fused-ring (bicyclic) bond motifs is 1. The van der Waals surface area contributed by atoms with Crippen molar-refractivity contribution in [3.05, 3.63) is 45.7 Å². The van der Waals surface area contributed by atoms with E-state index in [1.54, 1.807) is 12.3 Å². The Morgan fingerprint density at radius 3 is 2.73 bits per heavy atom. The summed E-state index contributed by atoms with van der Waals surface area (Å²) in [5.41, 5.74) is 2.02. The van der Waals surface area contributed by atoms with Crippen molar-refractivity contribution in [2.75, 3.05) is 6.54 Å². The topological polar surface area (TPSA) is 53.2 Å². The predicted octanol–water partition coefficient (Wildman–Crippen LogP) is 3.00. The molecular formula is C18H20N2O2. The fourth-order valence-electron chi connectivity index (χ4n) is 4.07. The van der Waals surface area contributed by atoms with E-state index in [-0.39, 0.29) is 22.4 Å². The number of nitrogens with zero attached hydrogens (tertiary/aromatic N) is 1. The van der Waals surface area contributed by atoms with Gasteiger partial charge in [-0.25, -0.2) is 0 Å². The minimum absolute atomic E-state index is 0.0467. The molecule has 1 N–H and O–H groups in total. The van der Waals surface area contributed by atoms with Gasteiger partial charge in [-0.05, 0) is 50.7 Å². The van der Waals surface area contributed by atoms with Crippen molar-refractivity contribution in [3.63, 3.8) is 0 Å². The molecule has 0 bridgehead atoms. The number of amides is 1. The highest BCUT2D eigenvalue weighted by atomic mass is 16.2. The van der Waals surface area contributed by atoms with E-state index in [1.807, 2.05) is 24.0 Å². The van der Waals surface area contributed by atoms with Crippen LogP contribution in [0.3, 0.4) is 0 Å². The Labute approximate surface area is 129 Å². The Balaban J connectivity index is 1.80. The van der Waals surface area contributed by atoms with Crippen molar-refractivity contribution >= 4 is 16.8 Å². The first-order valence-electron chi connectivity index (χ1n) is 8.05. The maximum atomic E-state index is 12.9. The van der Waals surface area contributed by atoms with Gasteiger partial charge in [0.2, 0.25) is 5.43 Å². The number of H-pyrrole nitrogens is 1. The minimum atomic E-state index is -0.149. The van der Waals surface area contributed by atoms with Gasteiger partial charge in [-0.3, -0.25) is 9.59 Å². The molecule has 4 heteroatoms. The lowest BCUT2D eigenvalue weighted by atomic mass is 9.74. The molecule has 0 unspecified atom stereocenters. The van der Waals surface area contributed by atoms with E-state index in [9.17, 15) is 9.59 Å². The van der Waals surface area contributed by atoms with Gasteiger partial charge < -0.3 is 9.88 Å². The minimum Gasteiger partial charge on any atom is -0.360 e. The molecule has 1 aliphatic heterocycles. The van der Waals surface area contributed by atoms with E-state index < -0.39 is 0 Å². The lowest BCUT2D eigenvalue weighted by Gasteiger charge is -2.45. The molecule has 1 aromatic heterocycles. The Bertz CT molecular complexity index is 817. The summed E-state index contributed by atoms with van der Waals surface area (Å²) < 4.78 is 0. The monoisotopic (exact) mass is 296 g/mol. The van der Waals surface area contributed by atoms with Gasteiger partial charge in [0.1, 0.15) is 5.56 Å². The van der Waals surface area contributed by atoms with E-state index in [4.69, 9.17) is 0 Å². The van der Waals surface area contributed by atoms with Gasteiger partial charge in [0.05, 0.1) is 5.52 Å². The summed E-state index contributed by atoms with van der Waals surface area (Å²) in [5, 5.41) is 0.604. The number of hydrogen-bond acceptors (Lipinski definition) is 2. The van der Waals surface area contributed by atoms with Gasteiger partial charge in [0.25, 0.3) is 5.91 Å². The lowest BCUT2D eigenvalue weighted by molar-refractivity contribution is 0.0366. The molecule has 1 saturated heterocycles. The number of aromatic amines is 1. The van der Waals surface area contributed by atoms with Gasteiger partial charge in [-0.15, -0.1) is 0 Å². The summed E-state index contributed by atoms with van der Waals surface area (Å²) in [6.07, 6.45) is 7.11. The molecule has 114 valence electrons. The fourth-order valence-corrected chi connectivity index (χ4v) is 4.07.